The Labute approximate surface area is 149 Å². The van der Waals surface area contributed by atoms with Gasteiger partial charge in [-0.05, 0) is 13.0 Å². The average molecular weight is 349 g/mol. The first-order valence-electron chi connectivity index (χ1n) is 8.10. The highest BCUT2D eigenvalue weighted by Crippen LogP contribution is 2.39. The topological polar surface area (TPSA) is 83.3 Å². The van der Waals surface area contributed by atoms with Crippen LogP contribution in [0.4, 0.5) is 0 Å². The third-order valence-corrected chi connectivity index (χ3v) is 4.18. The molecule has 7 nitrogen and oxygen atoms in total. The van der Waals surface area contributed by atoms with E-state index in [9.17, 15) is 9.59 Å². The smallest absolute Gasteiger partial charge is 0.359 e. The maximum Gasteiger partial charge on any atom is 0.359 e. The maximum absolute atomic E-state index is 12.9. The van der Waals surface area contributed by atoms with E-state index in [4.69, 9.17) is 9.47 Å². The SMILES string of the molecule is CCOC(=O)c1nn(-c2ccc(OC)nc2)c2c1C(=O)c1ccccc1-2. The zero-order chi connectivity index (χ0) is 18.3. The first-order valence-corrected chi connectivity index (χ1v) is 8.10. The van der Waals surface area contributed by atoms with Gasteiger partial charge in [0.2, 0.25) is 5.88 Å². The van der Waals surface area contributed by atoms with Gasteiger partial charge in [-0.15, -0.1) is 0 Å². The number of benzene rings is 1. The molecule has 130 valence electrons. The Morgan fingerprint density at radius 2 is 1.92 bits per heavy atom. The first-order chi connectivity index (χ1) is 12.7. The predicted molar refractivity (Wildman–Crippen MR) is 92.7 cm³/mol. The van der Waals surface area contributed by atoms with Crippen molar-refractivity contribution in [2.24, 2.45) is 0 Å². The van der Waals surface area contributed by atoms with Gasteiger partial charge in [0.25, 0.3) is 0 Å². The van der Waals surface area contributed by atoms with Crippen molar-refractivity contribution >= 4 is 11.8 Å². The molecule has 0 saturated heterocycles. The normalized spacial score (nSPS) is 11.8. The van der Waals surface area contributed by atoms with Gasteiger partial charge in [0.05, 0.1) is 36.9 Å². The summed E-state index contributed by atoms with van der Waals surface area (Å²) in [6.07, 6.45) is 1.58. The molecule has 0 bridgehead atoms. The Hall–Kier alpha value is -3.48. The molecular formula is C19H15N3O4. The summed E-state index contributed by atoms with van der Waals surface area (Å²) >= 11 is 0. The fourth-order valence-electron chi connectivity index (χ4n) is 3.05. The predicted octanol–water partition coefficient (Wildman–Crippen LogP) is 2.66. The molecule has 1 aliphatic rings. The zero-order valence-corrected chi connectivity index (χ0v) is 14.2. The lowest BCUT2D eigenvalue weighted by molar-refractivity contribution is 0.0516. The average Bonchev–Trinajstić information content (AvgIpc) is 3.20. The van der Waals surface area contributed by atoms with Gasteiger partial charge in [-0.2, -0.15) is 5.10 Å². The number of hydrogen-bond donors (Lipinski definition) is 0. The molecule has 0 amide bonds. The van der Waals surface area contributed by atoms with Crippen LogP contribution < -0.4 is 4.74 Å². The second-order valence-electron chi connectivity index (χ2n) is 5.64. The van der Waals surface area contributed by atoms with E-state index >= 15 is 0 Å². The van der Waals surface area contributed by atoms with Crippen LogP contribution in [0.1, 0.15) is 33.3 Å². The number of ether oxygens (including phenoxy) is 2. The van der Waals surface area contributed by atoms with E-state index in [0.717, 1.165) is 5.56 Å². The van der Waals surface area contributed by atoms with Gasteiger partial charge < -0.3 is 9.47 Å². The van der Waals surface area contributed by atoms with Crippen molar-refractivity contribution in [3.63, 3.8) is 0 Å². The van der Waals surface area contributed by atoms with Crippen molar-refractivity contribution < 1.29 is 19.1 Å². The Kier molecular flexibility index (Phi) is 3.76. The monoisotopic (exact) mass is 349 g/mol. The van der Waals surface area contributed by atoms with Crippen molar-refractivity contribution in [1.82, 2.24) is 14.8 Å². The van der Waals surface area contributed by atoms with Crippen LogP contribution in [-0.2, 0) is 4.74 Å². The second-order valence-corrected chi connectivity index (χ2v) is 5.64. The quantitative estimate of drug-likeness (QED) is 0.527. The number of fused-ring (bicyclic) bond motifs is 3. The molecule has 0 aliphatic heterocycles. The van der Waals surface area contributed by atoms with Gasteiger partial charge in [0.15, 0.2) is 11.5 Å². The number of hydrogen-bond acceptors (Lipinski definition) is 6. The van der Waals surface area contributed by atoms with Gasteiger partial charge in [-0.3, -0.25) is 4.79 Å². The fraction of sp³-hybridized carbons (Fsp3) is 0.158. The third kappa shape index (κ3) is 2.28. The van der Waals surface area contributed by atoms with Gasteiger partial charge in [0, 0.05) is 17.2 Å². The van der Waals surface area contributed by atoms with Gasteiger partial charge in [0.1, 0.15) is 0 Å². The highest BCUT2D eigenvalue weighted by atomic mass is 16.5. The van der Waals surface area contributed by atoms with E-state index in [-0.39, 0.29) is 23.6 Å². The molecular weight excluding hydrogens is 334 g/mol. The molecule has 7 heteroatoms. The van der Waals surface area contributed by atoms with E-state index in [1.54, 1.807) is 42.1 Å². The van der Waals surface area contributed by atoms with E-state index < -0.39 is 5.97 Å². The Morgan fingerprint density at radius 3 is 2.58 bits per heavy atom. The minimum Gasteiger partial charge on any atom is -0.481 e. The number of nitrogens with zero attached hydrogens (tertiary/aromatic N) is 3. The highest BCUT2D eigenvalue weighted by Gasteiger charge is 2.37. The number of ketones is 1. The second kappa shape index (κ2) is 6.11. The number of pyridine rings is 1. The molecule has 4 rings (SSSR count). The molecule has 0 saturated carbocycles. The molecule has 0 N–H and O–H groups in total. The molecule has 0 atom stereocenters. The van der Waals surface area contributed by atoms with Crippen LogP contribution in [0.5, 0.6) is 5.88 Å². The van der Waals surface area contributed by atoms with Crippen LogP contribution in [0.25, 0.3) is 16.9 Å². The molecule has 3 aromatic rings. The lowest BCUT2D eigenvalue weighted by Crippen LogP contribution is -2.11. The number of esters is 1. The lowest BCUT2D eigenvalue weighted by Gasteiger charge is -2.07. The summed E-state index contributed by atoms with van der Waals surface area (Å²) in [6, 6.07) is 10.7. The summed E-state index contributed by atoms with van der Waals surface area (Å²) in [5, 5.41) is 4.37. The molecule has 2 heterocycles. The van der Waals surface area contributed by atoms with E-state index in [1.807, 2.05) is 12.1 Å². The lowest BCUT2D eigenvalue weighted by atomic mass is 10.1. The Balaban J connectivity index is 1.96. The summed E-state index contributed by atoms with van der Waals surface area (Å²) in [4.78, 5) is 29.4. The van der Waals surface area contributed by atoms with Gasteiger partial charge in [-0.1, -0.05) is 24.3 Å². The molecule has 1 aliphatic carbocycles. The van der Waals surface area contributed by atoms with E-state index in [2.05, 4.69) is 10.1 Å². The summed E-state index contributed by atoms with van der Waals surface area (Å²) in [5.41, 5.74) is 2.73. The van der Waals surface area contributed by atoms with Crippen molar-refractivity contribution in [2.45, 2.75) is 6.92 Å². The van der Waals surface area contributed by atoms with Crippen LogP contribution in [-0.4, -0.2) is 40.2 Å². The summed E-state index contributed by atoms with van der Waals surface area (Å²) in [5.74, 6) is -0.392. The van der Waals surface area contributed by atoms with Crippen LogP contribution in [0.15, 0.2) is 42.6 Å². The molecule has 0 radical (unpaired) electrons. The molecule has 1 aromatic carbocycles. The number of methoxy groups -OCH3 is 1. The zero-order valence-electron chi connectivity index (χ0n) is 14.2. The summed E-state index contributed by atoms with van der Waals surface area (Å²) < 4.78 is 11.7. The van der Waals surface area contributed by atoms with Gasteiger partial charge in [-0.25, -0.2) is 14.5 Å². The highest BCUT2D eigenvalue weighted by molar-refractivity contribution is 6.24. The summed E-state index contributed by atoms with van der Waals surface area (Å²) in [7, 11) is 1.53. The third-order valence-electron chi connectivity index (χ3n) is 4.18. The van der Waals surface area contributed by atoms with Crippen LogP contribution in [0.3, 0.4) is 0 Å². The molecule has 2 aromatic heterocycles. The summed E-state index contributed by atoms with van der Waals surface area (Å²) in [6.45, 7) is 1.91. The maximum atomic E-state index is 12.9. The first kappa shape index (κ1) is 16.0. The van der Waals surface area contributed by atoms with Crippen molar-refractivity contribution in [1.29, 1.82) is 0 Å². The molecule has 26 heavy (non-hydrogen) atoms. The van der Waals surface area contributed by atoms with Gasteiger partial charge >= 0.3 is 5.97 Å². The minimum absolute atomic E-state index is 0.0128. The number of aromatic nitrogens is 3. The van der Waals surface area contributed by atoms with Crippen molar-refractivity contribution in [3.05, 3.63) is 59.4 Å². The fourth-order valence-corrected chi connectivity index (χ4v) is 3.05. The molecule has 0 spiro atoms. The molecule has 0 fully saturated rings. The standard InChI is InChI=1S/C19H15N3O4/c1-3-26-19(24)16-15-17(12-6-4-5-7-13(12)18(15)23)22(21-16)11-8-9-14(25-2)20-10-11/h4-10H,3H2,1-2H3. The van der Waals surface area contributed by atoms with Crippen LogP contribution >= 0.6 is 0 Å². The van der Waals surface area contributed by atoms with Crippen molar-refractivity contribution in [3.8, 4) is 22.8 Å². The van der Waals surface area contributed by atoms with Crippen LogP contribution in [0, 0.1) is 0 Å². The van der Waals surface area contributed by atoms with E-state index in [0.29, 0.717) is 22.8 Å². The number of carbonyl (C=O) groups excluding carboxylic acids is 2. The molecule has 0 unspecified atom stereocenters. The number of rotatable bonds is 4. The largest absolute Gasteiger partial charge is 0.481 e. The van der Waals surface area contributed by atoms with Crippen molar-refractivity contribution in [2.75, 3.05) is 13.7 Å². The Bertz CT molecular complexity index is 1020. The van der Waals surface area contributed by atoms with Crippen LogP contribution in [0.2, 0.25) is 0 Å². The van der Waals surface area contributed by atoms with E-state index in [1.165, 1.54) is 7.11 Å². The Morgan fingerprint density at radius 1 is 1.15 bits per heavy atom. The minimum atomic E-state index is -0.620. The number of carbonyl (C=O) groups is 2.